The van der Waals surface area contributed by atoms with Gasteiger partial charge in [-0.3, -0.25) is 0 Å². The Hall–Kier alpha value is -0.820. The molecule has 1 rings (SSSR count). The summed E-state index contributed by atoms with van der Waals surface area (Å²) in [6, 6.07) is 1.74. The van der Waals surface area contributed by atoms with Crippen LogP contribution < -0.4 is 10.6 Å². The first-order valence-corrected chi connectivity index (χ1v) is 7.45. The van der Waals surface area contributed by atoms with E-state index in [0.717, 1.165) is 4.47 Å². The van der Waals surface area contributed by atoms with Gasteiger partial charge in [-0.2, -0.15) is 0 Å². The van der Waals surface area contributed by atoms with Gasteiger partial charge in [0.1, 0.15) is 9.84 Å². The molecule has 90 valence electrons. The number of hydrogen-bond donors (Lipinski definition) is 1. The van der Waals surface area contributed by atoms with Crippen molar-refractivity contribution in [1.82, 2.24) is 4.98 Å². The fourth-order valence-corrected chi connectivity index (χ4v) is 2.13. The van der Waals surface area contributed by atoms with Crippen LogP contribution in [0.1, 0.15) is 0 Å². The van der Waals surface area contributed by atoms with Crippen LogP contribution in [0.2, 0.25) is 0 Å². The second kappa shape index (κ2) is 5.01. The number of anilines is 2. The zero-order valence-electron chi connectivity index (χ0n) is 9.14. The van der Waals surface area contributed by atoms with Crippen molar-refractivity contribution in [2.45, 2.75) is 0 Å². The van der Waals surface area contributed by atoms with E-state index in [-0.39, 0.29) is 5.75 Å². The van der Waals surface area contributed by atoms with Crippen molar-refractivity contribution < 1.29 is 8.42 Å². The molecule has 0 spiro atoms. The lowest BCUT2D eigenvalue weighted by atomic mass is 10.4. The first-order chi connectivity index (χ1) is 7.29. The average Bonchev–Trinajstić information content (AvgIpc) is 2.13. The maximum absolute atomic E-state index is 11.0. The molecule has 0 fully saturated rings. The fourth-order valence-electron chi connectivity index (χ4n) is 1.18. The van der Waals surface area contributed by atoms with Crippen LogP contribution in [-0.2, 0) is 9.84 Å². The van der Waals surface area contributed by atoms with Gasteiger partial charge in [0.25, 0.3) is 0 Å². The molecule has 0 bridgehead atoms. The topological polar surface area (TPSA) is 76.3 Å². The molecule has 0 aromatic carbocycles. The molecule has 0 unspecified atom stereocenters. The van der Waals surface area contributed by atoms with E-state index in [1.165, 1.54) is 6.26 Å². The zero-order chi connectivity index (χ0) is 12.3. The molecule has 1 heterocycles. The van der Waals surface area contributed by atoms with Gasteiger partial charge in [-0.15, -0.1) is 0 Å². The van der Waals surface area contributed by atoms with Gasteiger partial charge in [0.05, 0.1) is 11.4 Å². The Morgan fingerprint density at radius 1 is 1.56 bits per heavy atom. The summed E-state index contributed by atoms with van der Waals surface area (Å²) in [6.45, 7) is 0.373. The molecule has 0 saturated carbocycles. The molecule has 0 aliphatic carbocycles. The smallest absolute Gasteiger partial charge is 0.151 e. The van der Waals surface area contributed by atoms with Crippen LogP contribution >= 0.6 is 15.9 Å². The normalized spacial score (nSPS) is 11.4. The van der Waals surface area contributed by atoms with Crippen LogP contribution in [0.5, 0.6) is 0 Å². The molecule has 0 aliphatic heterocycles. The first kappa shape index (κ1) is 13.2. The Morgan fingerprint density at radius 2 is 2.19 bits per heavy atom. The Labute approximate surface area is 104 Å². The number of aromatic nitrogens is 1. The van der Waals surface area contributed by atoms with E-state index in [1.807, 2.05) is 0 Å². The summed E-state index contributed by atoms with van der Waals surface area (Å²) in [6.07, 6.45) is 2.84. The number of nitrogen functional groups attached to an aromatic ring is 1. The molecule has 16 heavy (non-hydrogen) atoms. The largest absolute Gasteiger partial charge is 0.396 e. The second-order valence-corrected chi connectivity index (χ2v) is 6.79. The number of nitrogens with zero attached hydrogens (tertiary/aromatic N) is 2. The van der Waals surface area contributed by atoms with Crippen LogP contribution in [0.3, 0.4) is 0 Å². The fraction of sp³-hybridized carbons (Fsp3) is 0.444. The van der Waals surface area contributed by atoms with Crippen LogP contribution in [0, 0.1) is 0 Å². The quantitative estimate of drug-likeness (QED) is 0.894. The number of pyridine rings is 1. The van der Waals surface area contributed by atoms with E-state index < -0.39 is 9.84 Å². The molecule has 5 nitrogen and oxygen atoms in total. The minimum absolute atomic E-state index is 0.0840. The van der Waals surface area contributed by atoms with E-state index in [1.54, 1.807) is 24.2 Å². The highest BCUT2D eigenvalue weighted by Crippen LogP contribution is 2.22. The van der Waals surface area contributed by atoms with E-state index in [2.05, 4.69) is 20.9 Å². The summed E-state index contributed by atoms with van der Waals surface area (Å²) >= 11 is 3.26. The Bertz CT molecular complexity index is 476. The van der Waals surface area contributed by atoms with Crippen LogP contribution in [0.25, 0.3) is 0 Å². The third kappa shape index (κ3) is 3.97. The molecule has 0 amide bonds. The lowest BCUT2D eigenvalue weighted by Gasteiger charge is -2.19. The molecule has 1 aromatic heterocycles. The van der Waals surface area contributed by atoms with Gasteiger partial charge in [-0.05, 0) is 22.0 Å². The van der Waals surface area contributed by atoms with Crippen LogP contribution in [-0.4, -0.2) is 39.0 Å². The van der Waals surface area contributed by atoms with E-state index in [4.69, 9.17) is 5.73 Å². The lowest BCUT2D eigenvalue weighted by Crippen LogP contribution is -2.26. The van der Waals surface area contributed by atoms with Crippen molar-refractivity contribution in [2.24, 2.45) is 0 Å². The molecular weight excluding hydrogens is 294 g/mol. The van der Waals surface area contributed by atoms with Gasteiger partial charge < -0.3 is 10.6 Å². The maximum Gasteiger partial charge on any atom is 0.151 e. The summed E-state index contributed by atoms with van der Waals surface area (Å²) in [5.41, 5.74) is 6.30. The van der Waals surface area contributed by atoms with Crippen molar-refractivity contribution in [3.05, 3.63) is 16.7 Å². The van der Waals surface area contributed by atoms with Crippen LogP contribution in [0.15, 0.2) is 16.7 Å². The molecule has 0 aliphatic rings. The number of sulfone groups is 1. The predicted molar refractivity (Wildman–Crippen MR) is 69.3 cm³/mol. The summed E-state index contributed by atoms with van der Waals surface area (Å²) in [5, 5.41) is 0. The molecule has 2 N–H and O–H groups in total. The number of hydrogen-bond acceptors (Lipinski definition) is 5. The van der Waals surface area contributed by atoms with E-state index in [9.17, 15) is 8.42 Å². The predicted octanol–water partition coefficient (Wildman–Crippen LogP) is 0.907. The van der Waals surface area contributed by atoms with Gasteiger partial charge in [0.15, 0.2) is 5.82 Å². The average molecular weight is 308 g/mol. The highest BCUT2D eigenvalue weighted by Gasteiger charge is 2.10. The Balaban J connectivity index is 2.77. The van der Waals surface area contributed by atoms with Gasteiger partial charge in [-0.25, -0.2) is 13.4 Å². The number of halogens is 1. The molecule has 7 heteroatoms. The number of nitrogens with two attached hydrogens (primary N) is 1. The molecule has 0 atom stereocenters. The first-order valence-electron chi connectivity index (χ1n) is 4.59. The lowest BCUT2D eigenvalue weighted by molar-refractivity contribution is 0.601. The van der Waals surface area contributed by atoms with Crippen molar-refractivity contribution >= 4 is 37.3 Å². The van der Waals surface area contributed by atoms with Crippen molar-refractivity contribution in [1.29, 1.82) is 0 Å². The van der Waals surface area contributed by atoms with Gasteiger partial charge >= 0.3 is 0 Å². The van der Waals surface area contributed by atoms with Crippen molar-refractivity contribution in [3.8, 4) is 0 Å². The highest BCUT2D eigenvalue weighted by atomic mass is 79.9. The van der Waals surface area contributed by atoms with E-state index in [0.29, 0.717) is 18.1 Å². The summed E-state index contributed by atoms with van der Waals surface area (Å²) < 4.78 is 22.8. The summed E-state index contributed by atoms with van der Waals surface area (Å²) in [7, 11) is -1.21. The van der Waals surface area contributed by atoms with Crippen LogP contribution in [0.4, 0.5) is 11.5 Å². The standard InChI is InChI=1S/C9H14BrN3O2S/c1-13(3-4-16(2,14)15)9-8(11)5-7(10)6-12-9/h5-6H,3-4,11H2,1-2H3. The number of rotatable bonds is 4. The second-order valence-electron chi connectivity index (χ2n) is 3.62. The minimum Gasteiger partial charge on any atom is -0.396 e. The van der Waals surface area contributed by atoms with Gasteiger partial charge in [-0.1, -0.05) is 0 Å². The zero-order valence-corrected chi connectivity index (χ0v) is 11.5. The minimum atomic E-state index is -2.97. The van der Waals surface area contributed by atoms with Crippen molar-refractivity contribution in [2.75, 3.05) is 36.2 Å². The molecule has 0 radical (unpaired) electrons. The SMILES string of the molecule is CN(CCS(C)(=O)=O)c1ncc(Br)cc1N. The monoisotopic (exact) mass is 307 g/mol. The van der Waals surface area contributed by atoms with Crippen molar-refractivity contribution in [3.63, 3.8) is 0 Å². The molecular formula is C9H14BrN3O2S. The maximum atomic E-state index is 11.0. The molecule has 0 saturated heterocycles. The third-order valence-corrected chi connectivity index (χ3v) is 3.38. The van der Waals surface area contributed by atoms with Gasteiger partial charge in [0.2, 0.25) is 0 Å². The molecule has 1 aromatic rings. The Morgan fingerprint density at radius 3 is 2.69 bits per heavy atom. The third-order valence-electron chi connectivity index (χ3n) is 2.02. The summed E-state index contributed by atoms with van der Waals surface area (Å²) in [5.74, 6) is 0.674. The highest BCUT2D eigenvalue weighted by molar-refractivity contribution is 9.10. The van der Waals surface area contributed by atoms with E-state index >= 15 is 0 Å². The van der Waals surface area contributed by atoms with Gasteiger partial charge in [0, 0.05) is 30.5 Å². The summed E-state index contributed by atoms with van der Waals surface area (Å²) in [4.78, 5) is 5.86. The Kier molecular flexibility index (Phi) is 4.15.